The van der Waals surface area contributed by atoms with Crippen LogP contribution in [0.2, 0.25) is 0 Å². The summed E-state index contributed by atoms with van der Waals surface area (Å²) >= 11 is 0. The van der Waals surface area contributed by atoms with Crippen molar-refractivity contribution in [3.63, 3.8) is 0 Å². The summed E-state index contributed by atoms with van der Waals surface area (Å²) in [6.45, 7) is 1.05. The van der Waals surface area contributed by atoms with Gasteiger partial charge in [-0.2, -0.15) is 5.06 Å². The maximum Gasteiger partial charge on any atom is 0.345 e. The summed E-state index contributed by atoms with van der Waals surface area (Å²) in [5.74, 6) is -0.354. The fourth-order valence-corrected chi connectivity index (χ4v) is 3.41. The molecule has 6 heteroatoms. The van der Waals surface area contributed by atoms with E-state index in [1.165, 1.54) is 5.06 Å². The Hall–Kier alpha value is -2.86. The average Bonchev–Trinajstić information content (AvgIpc) is 3.25. The molecule has 0 radical (unpaired) electrons. The number of benzene rings is 2. The van der Waals surface area contributed by atoms with E-state index in [1.807, 2.05) is 60.7 Å². The molecule has 0 saturated carbocycles. The van der Waals surface area contributed by atoms with E-state index < -0.39 is 6.04 Å². The lowest BCUT2D eigenvalue weighted by molar-refractivity contribution is -0.161. The van der Waals surface area contributed by atoms with Crippen molar-refractivity contribution in [2.45, 2.75) is 31.7 Å². The zero-order valence-electron chi connectivity index (χ0n) is 14.3. The first-order valence-electron chi connectivity index (χ1n) is 8.69. The van der Waals surface area contributed by atoms with Crippen LogP contribution < -0.4 is 0 Å². The van der Waals surface area contributed by atoms with Crippen molar-refractivity contribution < 1.29 is 19.2 Å². The van der Waals surface area contributed by atoms with Crippen molar-refractivity contribution in [1.82, 2.24) is 9.96 Å². The summed E-state index contributed by atoms with van der Waals surface area (Å²) in [7, 11) is 0. The molecular weight excluding hydrogens is 332 g/mol. The third kappa shape index (κ3) is 3.28. The summed E-state index contributed by atoms with van der Waals surface area (Å²) in [4.78, 5) is 32.1. The molecule has 2 bridgehead atoms. The Bertz CT molecular complexity index is 781. The minimum Gasteiger partial charge on any atom is -0.459 e. The van der Waals surface area contributed by atoms with Gasteiger partial charge in [-0.1, -0.05) is 60.7 Å². The number of hydrogen-bond acceptors (Lipinski definition) is 4. The van der Waals surface area contributed by atoms with Gasteiger partial charge in [0.2, 0.25) is 0 Å². The molecule has 0 aromatic heterocycles. The van der Waals surface area contributed by atoms with Gasteiger partial charge in [-0.05, 0) is 11.1 Å². The maximum absolute atomic E-state index is 12.5. The number of ether oxygens (including phenoxy) is 1. The van der Waals surface area contributed by atoms with Gasteiger partial charge in [0.25, 0.3) is 0 Å². The number of fused-ring (bicyclic) bond motifs is 2. The Morgan fingerprint density at radius 3 is 2.19 bits per heavy atom. The summed E-state index contributed by atoms with van der Waals surface area (Å²) < 4.78 is 5.39. The third-order valence-corrected chi connectivity index (χ3v) is 4.75. The van der Waals surface area contributed by atoms with Gasteiger partial charge in [-0.3, -0.25) is 4.84 Å². The summed E-state index contributed by atoms with van der Waals surface area (Å²) in [6.07, 6.45) is 0.536. The van der Waals surface area contributed by atoms with Gasteiger partial charge in [0.05, 0.1) is 6.04 Å². The molecule has 2 atom stereocenters. The van der Waals surface area contributed by atoms with Gasteiger partial charge in [-0.25, -0.2) is 9.59 Å². The minimum absolute atomic E-state index is 0.111. The van der Waals surface area contributed by atoms with E-state index in [2.05, 4.69) is 0 Å². The highest BCUT2D eigenvalue weighted by atomic mass is 16.7. The van der Waals surface area contributed by atoms with Crippen LogP contribution in [0.3, 0.4) is 0 Å². The van der Waals surface area contributed by atoms with Crippen LogP contribution in [-0.4, -0.2) is 40.6 Å². The molecular formula is C20H20N2O4. The second-order valence-corrected chi connectivity index (χ2v) is 6.52. The van der Waals surface area contributed by atoms with E-state index in [0.717, 1.165) is 11.1 Å². The quantitative estimate of drug-likeness (QED) is 0.750. The van der Waals surface area contributed by atoms with Crippen molar-refractivity contribution in [3.05, 3.63) is 71.8 Å². The number of carbonyl (C=O) groups is 2. The Kier molecular flexibility index (Phi) is 4.58. The number of rotatable bonds is 6. The molecule has 2 aromatic rings. The van der Waals surface area contributed by atoms with Crippen LogP contribution in [0.15, 0.2) is 60.7 Å². The normalized spacial score (nSPS) is 21.3. The van der Waals surface area contributed by atoms with Gasteiger partial charge in [-0.15, -0.1) is 0 Å². The van der Waals surface area contributed by atoms with Gasteiger partial charge in [0.15, 0.2) is 0 Å². The van der Waals surface area contributed by atoms with Crippen LogP contribution >= 0.6 is 0 Å². The van der Waals surface area contributed by atoms with Gasteiger partial charge in [0.1, 0.15) is 19.3 Å². The smallest absolute Gasteiger partial charge is 0.345 e. The largest absolute Gasteiger partial charge is 0.459 e. The zero-order valence-corrected chi connectivity index (χ0v) is 14.3. The lowest BCUT2D eigenvalue weighted by Crippen LogP contribution is -2.48. The van der Waals surface area contributed by atoms with Crippen LogP contribution in [-0.2, 0) is 27.6 Å². The van der Waals surface area contributed by atoms with Crippen LogP contribution in [0.4, 0.5) is 4.79 Å². The first-order valence-corrected chi connectivity index (χ1v) is 8.69. The first kappa shape index (κ1) is 16.6. The Morgan fingerprint density at radius 2 is 1.58 bits per heavy atom. The van der Waals surface area contributed by atoms with Gasteiger partial charge in [0, 0.05) is 13.0 Å². The van der Waals surface area contributed by atoms with E-state index in [0.29, 0.717) is 19.6 Å². The number of nitrogens with zero attached hydrogens (tertiary/aromatic N) is 2. The number of hydrogen-bond donors (Lipinski definition) is 0. The fraction of sp³-hybridized carbons (Fsp3) is 0.300. The maximum atomic E-state index is 12.5. The molecule has 2 aromatic carbocycles. The average molecular weight is 352 g/mol. The fourth-order valence-electron chi connectivity index (χ4n) is 3.41. The topological polar surface area (TPSA) is 59.1 Å². The van der Waals surface area contributed by atoms with Crippen LogP contribution in [0.5, 0.6) is 0 Å². The van der Waals surface area contributed by atoms with Crippen LogP contribution in [0.1, 0.15) is 17.5 Å². The molecule has 0 aliphatic carbocycles. The Balaban J connectivity index is 1.31. The molecule has 4 rings (SSSR count). The molecule has 0 unspecified atom stereocenters. The standard InChI is InChI=1S/C20H20N2O4/c23-19(25-13-15-7-3-1-4-8-15)18-11-17-12-21(18)20(24)22(17)26-14-16-9-5-2-6-10-16/h1-10,17-18H,11-14H2/t17-,18+/m1/s1. The Labute approximate surface area is 151 Å². The molecule has 2 fully saturated rings. The summed E-state index contributed by atoms with van der Waals surface area (Å²) in [6, 6.07) is 18.3. The van der Waals surface area contributed by atoms with Gasteiger partial charge >= 0.3 is 12.0 Å². The third-order valence-electron chi connectivity index (χ3n) is 4.75. The van der Waals surface area contributed by atoms with E-state index in [1.54, 1.807) is 4.90 Å². The molecule has 6 nitrogen and oxygen atoms in total. The van der Waals surface area contributed by atoms with E-state index in [-0.39, 0.29) is 24.6 Å². The summed E-state index contributed by atoms with van der Waals surface area (Å²) in [5.41, 5.74) is 1.93. The molecule has 2 aliphatic rings. The molecule has 134 valence electrons. The predicted octanol–water partition coefficient (Wildman–Crippen LogP) is 2.74. The highest BCUT2D eigenvalue weighted by molar-refractivity contribution is 5.86. The molecule has 2 amide bonds. The van der Waals surface area contributed by atoms with Crippen molar-refractivity contribution in [3.8, 4) is 0 Å². The second-order valence-electron chi connectivity index (χ2n) is 6.52. The Morgan fingerprint density at radius 1 is 0.962 bits per heavy atom. The van der Waals surface area contributed by atoms with E-state index >= 15 is 0 Å². The second kappa shape index (κ2) is 7.17. The van der Waals surface area contributed by atoms with E-state index in [9.17, 15) is 9.59 Å². The minimum atomic E-state index is -0.521. The number of urea groups is 1. The molecule has 2 aliphatic heterocycles. The van der Waals surface area contributed by atoms with Crippen molar-refractivity contribution in [1.29, 1.82) is 0 Å². The molecule has 2 saturated heterocycles. The number of carbonyl (C=O) groups excluding carboxylic acids is 2. The monoisotopic (exact) mass is 352 g/mol. The highest BCUT2D eigenvalue weighted by Crippen LogP contribution is 2.32. The molecule has 2 heterocycles. The molecule has 0 N–H and O–H groups in total. The van der Waals surface area contributed by atoms with Crippen molar-refractivity contribution in [2.75, 3.05) is 6.54 Å². The van der Waals surface area contributed by atoms with Gasteiger partial charge < -0.3 is 9.64 Å². The van der Waals surface area contributed by atoms with Crippen LogP contribution in [0, 0.1) is 0 Å². The number of esters is 1. The predicted molar refractivity (Wildman–Crippen MR) is 93.6 cm³/mol. The first-order chi connectivity index (χ1) is 12.7. The van der Waals surface area contributed by atoms with Crippen molar-refractivity contribution in [2.24, 2.45) is 0 Å². The summed E-state index contributed by atoms with van der Waals surface area (Å²) in [5, 5.41) is 1.40. The lowest BCUT2D eigenvalue weighted by Gasteiger charge is -2.30. The number of hydroxylamine groups is 2. The molecule has 26 heavy (non-hydrogen) atoms. The lowest BCUT2D eigenvalue weighted by atomic mass is 10.1. The van der Waals surface area contributed by atoms with Crippen LogP contribution in [0.25, 0.3) is 0 Å². The number of amides is 2. The van der Waals surface area contributed by atoms with Crippen molar-refractivity contribution >= 4 is 12.0 Å². The highest BCUT2D eigenvalue weighted by Gasteiger charge is 2.52. The zero-order chi connectivity index (χ0) is 17.9. The van der Waals surface area contributed by atoms with E-state index in [4.69, 9.17) is 9.57 Å². The molecule has 0 spiro atoms. The SMILES string of the molecule is O=C(OCc1ccccc1)[C@@H]1C[C@@H]2CN1C(=O)N2OCc1ccccc1.